The SMILES string of the molecule is CCC1(C(=O)N[C@@H](C)CO)CCCC1. The van der Waals surface area contributed by atoms with Gasteiger partial charge in [-0.2, -0.15) is 0 Å². The third-order valence-electron chi connectivity index (χ3n) is 3.37. The lowest BCUT2D eigenvalue weighted by molar-refractivity contribution is -0.132. The summed E-state index contributed by atoms with van der Waals surface area (Å²) in [6, 6.07) is -0.119. The molecule has 0 heterocycles. The fourth-order valence-corrected chi connectivity index (χ4v) is 2.22. The number of carbonyl (C=O) groups is 1. The Morgan fingerprint density at radius 3 is 2.50 bits per heavy atom. The van der Waals surface area contributed by atoms with Crippen LogP contribution >= 0.6 is 0 Å². The first-order chi connectivity index (χ1) is 6.64. The second kappa shape index (κ2) is 4.78. The molecule has 0 aromatic heterocycles. The molecule has 2 N–H and O–H groups in total. The highest BCUT2D eigenvalue weighted by atomic mass is 16.3. The molecule has 1 amide bonds. The van der Waals surface area contributed by atoms with E-state index in [2.05, 4.69) is 12.2 Å². The molecule has 1 aliphatic carbocycles. The molecular formula is C11H21NO2. The van der Waals surface area contributed by atoms with Crippen LogP contribution in [0, 0.1) is 5.41 Å². The fraction of sp³-hybridized carbons (Fsp3) is 0.909. The fourth-order valence-electron chi connectivity index (χ4n) is 2.22. The van der Waals surface area contributed by atoms with Gasteiger partial charge in [0, 0.05) is 11.5 Å². The smallest absolute Gasteiger partial charge is 0.226 e. The van der Waals surface area contributed by atoms with Crippen LogP contribution in [0.2, 0.25) is 0 Å². The minimum Gasteiger partial charge on any atom is -0.394 e. The number of amides is 1. The van der Waals surface area contributed by atoms with E-state index in [1.54, 1.807) is 0 Å². The zero-order valence-electron chi connectivity index (χ0n) is 9.18. The lowest BCUT2D eigenvalue weighted by atomic mass is 9.82. The van der Waals surface area contributed by atoms with Gasteiger partial charge in [0.15, 0.2) is 0 Å². The summed E-state index contributed by atoms with van der Waals surface area (Å²) < 4.78 is 0. The summed E-state index contributed by atoms with van der Waals surface area (Å²) >= 11 is 0. The summed E-state index contributed by atoms with van der Waals surface area (Å²) in [5, 5.41) is 11.7. The van der Waals surface area contributed by atoms with Crippen molar-refractivity contribution >= 4 is 5.91 Å². The van der Waals surface area contributed by atoms with Crippen molar-refractivity contribution in [2.24, 2.45) is 5.41 Å². The van der Waals surface area contributed by atoms with Crippen molar-refractivity contribution in [2.75, 3.05) is 6.61 Å². The van der Waals surface area contributed by atoms with Gasteiger partial charge in [0.05, 0.1) is 6.61 Å². The average Bonchev–Trinajstić information content (AvgIpc) is 2.67. The molecule has 1 atom stereocenters. The average molecular weight is 199 g/mol. The van der Waals surface area contributed by atoms with E-state index >= 15 is 0 Å². The number of hydrogen-bond acceptors (Lipinski definition) is 2. The molecule has 1 aliphatic rings. The van der Waals surface area contributed by atoms with Crippen molar-refractivity contribution in [1.82, 2.24) is 5.32 Å². The summed E-state index contributed by atoms with van der Waals surface area (Å²) in [6.07, 6.45) is 5.25. The molecule has 0 bridgehead atoms. The van der Waals surface area contributed by atoms with E-state index in [0.29, 0.717) is 0 Å². The summed E-state index contributed by atoms with van der Waals surface area (Å²) in [4.78, 5) is 11.9. The minimum atomic E-state index is -0.135. The minimum absolute atomic E-state index is 0.0194. The van der Waals surface area contributed by atoms with Crippen molar-refractivity contribution in [3.05, 3.63) is 0 Å². The third kappa shape index (κ3) is 2.27. The van der Waals surface area contributed by atoms with Gasteiger partial charge < -0.3 is 10.4 Å². The Kier molecular flexibility index (Phi) is 3.93. The van der Waals surface area contributed by atoms with E-state index in [-0.39, 0.29) is 24.0 Å². The van der Waals surface area contributed by atoms with Crippen LogP contribution in [-0.4, -0.2) is 23.7 Å². The van der Waals surface area contributed by atoms with Crippen LogP contribution in [0.5, 0.6) is 0 Å². The second-order valence-corrected chi connectivity index (χ2v) is 4.40. The molecule has 82 valence electrons. The molecule has 0 aromatic carbocycles. The monoisotopic (exact) mass is 199 g/mol. The van der Waals surface area contributed by atoms with Crippen LogP contribution < -0.4 is 5.32 Å². The van der Waals surface area contributed by atoms with Gasteiger partial charge in [-0.1, -0.05) is 19.8 Å². The van der Waals surface area contributed by atoms with Crippen LogP contribution in [-0.2, 0) is 4.79 Å². The van der Waals surface area contributed by atoms with E-state index in [1.165, 1.54) is 0 Å². The maximum atomic E-state index is 11.9. The van der Waals surface area contributed by atoms with Gasteiger partial charge in [-0.15, -0.1) is 0 Å². The Labute approximate surface area is 85.9 Å². The van der Waals surface area contributed by atoms with Gasteiger partial charge >= 0.3 is 0 Å². The molecule has 1 rings (SSSR count). The predicted octanol–water partition coefficient (Wildman–Crippen LogP) is 1.45. The highest BCUT2D eigenvalue weighted by Crippen LogP contribution is 2.41. The first kappa shape index (κ1) is 11.5. The number of carbonyl (C=O) groups excluding carboxylic acids is 1. The molecule has 14 heavy (non-hydrogen) atoms. The van der Waals surface area contributed by atoms with E-state index in [4.69, 9.17) is 5.11 Å². The first-order valence-electron chi connectivity index (χ1n) is 5.56. The molecule has 3 heteroatoms. The predicted molar refractivity (Wildman–Crippen MR) is 55.9 cm³/mol. The summed E-state index contributed by atoms with van der Waals surface area (Å²) in [7, 11) is 0. The van der Waals surface area contributed by atoms with Crippen LogP contribution in [0.25, 0.3) is 0 Å². The topological polar surface area (TPSA) is 49.3 Å². The highest BCUT2D eigenvalue weighted by molar-refractivity contribution is 5.83. The van der Waals surface area contributed by atoms with Crippen molar-refractivity contribution in [3.63, 3.8) is 0 Å². The third-order valence-corrected chi connectivity index (χ3v) is 3.37. The molecular weight excluding hydrogens is 178 g/mol. The molecule has 0 spiro atoms. The maximum Gasteiger partial charge on any atom is 0.226 e. The molecule has 3 nitrogen and oxygen atoms in total. The number of aliphatic hydroxyl groups is 1. The van der Waals surface area contributed by atoms with Crippen LogP contribution in [0.1, 0.15) is 46.0 Å². The molecule has 1 fully saturated rings. The summed E-state index contributed by atoms with van der Waals surface area (Å²) in [5.41, 5.74) is -0.135. The van der Waals surface area contributed by atoms with Gasteiger partial charge in [0.2, 0.25) is 5.91 Å². The largest absolute Gasteiger partial charge is 0.394 e. The van der Waals surface area contributed by atoms with E-state index in [1.807, 2.05) is 6.92 Å². The maximum absolute atomic E-state index is 11.9. The molecule has 0 aromatic rings. The molecule has 0 radical (unpaired) electrons. The number of aliphatic hydroxyl groups excluding tert-OH is 1. The Bertz CT molecular complexity index is 197. The molecule has 0 unspecified atom stereocenters. The van der Waals surface area contributed by atoms with Gasteiger partial charge in [-0.3, -0.25) is 4.79 Å². The Hall–Kier alpha value is -0.570. The van der Waals surface area contributed by atoms with Crippen LogP contribution in [0.15, 0.2) is 0 Å². The number of hydrogen-bond donors (Lipinski definition) is 2. The van der Waals surface area contributed by atoms with Crippen molar-refractivity contribution < 1.29 is 9.90 Å². The quantitative estimate of drug-likeness (QED) is 0.720. The van der Waals surface area contributed by atoms with Gasteiger partial charge in [0.25, 0.3) is 0 Å². The summed E-state index contributed by atoms with van der Waals surface area (Å²) in [5.74, 6) is 0.138. The zero-order chi connectivity index (χ0) is 10.6. The lowest BCUT2D eigenvalue weighted by Crippen LogP contribution is -2.44. The van der Waals surface area contributed by atoms with E-state index < -0.39 is 0 Å². The van der Waals surface area contributed by atoms with Gasteiger partial charge in [-0.25, -0.2) is 0 Å². The normalized spacial score (nSPS) is 21.9. The Morgan fingerprint density at radius 1 is 1.50 bits per heavy atom. The number of rotatable bonds is 4. The molecule has 0 aliphatic heterocycles. The molecule has 1 saturated carbocycles. The van der Waals surface area contributed by atoms with Gasteiger partial charge in [-0.05, 0) is 26.2 Å². The molecule has 0 saturated heterocycles. The Balaban J connectivity index is 2.56. The van der Waals surface area contributed by atoms with E-state index in [0.717, 1.165) is 32.1 Å². The Morgan fingerprint density at radius 2 is 2.07 bits per heavy atom. The van der Waals surface area contributed by atoms with Crippen LogP contribution in [0.3, 0.4) is 0 Å². The van der Waals surface area contributed by atoms with Crippen molar-refractivity contribution in [3.8, 4) is 0 Å². The number of nitrogens with one attached hydrogen (secondary N) is 1. The van der Waals surface area contributed by atoms with Gasteiger partial charge in [0.1, 0.15) is 0 Å². The first-order valence-corrected chi connectivity index (χ1v) is 5.56. The lowest BCUT2D eigenvalue weighted by Gasteiger charge is -2.27. The van der Waals surface area contributed by atoms with Crippen LogP contribution in [0.4, 0.5) is 0 Å². The highest BCUT2D eigenvalue weighted by Gasteiger charge is 2.39. The zero-order valence-corrected chi connectivity index (χ0v) is 9.18. The summed E-state index contributed by atoms with van der Waals surface area (Å²) in [6.45, 7) is 3.93. The van der Waals surface area contributed by atoms with Crippen molar-refractivity contribution in [1.29, 1.82) is 0 Å². The van der Waals surface area contributed by atoms with E-state index in [9.17, 15) is 4.79 Å². The second-order valence-electron chi connectivity index (χ2n) is 4.40. The van der Waals surface area contributed by atoms with Crippen molar-refractivity contribution in [2.45, 2.75) is 52.0 Å². The standard InChI is InChI=1S/C11H21NO2/c1-3-11(6-4-5-7-11)10(14)12-9(2)8-13/h9,13H,3-8H2,1-2H3,(H,12,14)/t9-/m0/s1.